The molecule has 1 unspecified atom stereocenters. The van der Waals surface area contributed by atoms with E-state index in [1.807, 2.05) is 6.07 Å². The van der Waals surface area contributed by atoms with Gasteiger partial charge in [-0.05, 0) is 37.6 Å². The molecule has 2 rings (SSSR count). The van der Waals surface area contributed by atoms with E-state index in [-0.39, 0.29) is 0 Å². The van der Waals surface area contributed by atoms with Gasteiger partial charge in [-0.1, -0.05) is 4.48 Å². The van der Waals surface area contributed by atoms with Crippen molar-refractivity contribution in [2.24, 2.45) is 0 Å². The minimum Gasteiger partial charge on any atom is -0.306 e. The maximum atomic E-state index is 12.6. The smallest absolute Gasteiger partial charge is 0.0414 e. The van der Waals surface area contributed by atoms with Crippen LogP contribution in [0.2, 0.25) is 0 Å². The largest absolute Gasteiger partial charge is 0.306 e. The zero-order chi connectivity index (χ0) is 8.55. The Bertz CT molecular complexity index is 269. The highest BCUT2D eigenvalue weighted by Crippen LogP contribution is 2.26. The first-order valence-electron chi connectivity index (χ1n) is 4.28. The van der Waals surface area contributed by atoms with E-state index in [1.165, 1.54) is 6.20 Å². The molecule has 1 atom stereocenters. The molecule has 1 saturated heterocycles. The van der Waals surface area contributed by atoms with Crippen LogP contribution in [0.15, 0.2) is 18.5 Å². The zero-order valence-corrected chi connectivity index (χ0v) is 7.20. The van der Waals surface area contributed by atoms with E-state index < -0.39 is 0 Å². The summed E-state index contributed by atoms with van der Waals surface area (Å²) in [5.41, 5.74) is 1.13. The van der Waals surface area contributed by atoms with Gasteiger partial charge in [0, 0.05) is 18.9 Å². The van der Waals surface area contributed by atoms with E-state index in [2.05, 4.69) is 11.9 Å². The number of halogens is 1. The first-order chi connectivity index (χ1) is 5.75. The molecule has 2 heterocycles. The fourth-order valence-corrected chi connectivity index (χ4v) is 1.83. The van der Waals surface area contributed by atoms with Gasteiger partial charge >= 0.3 is 0 Å². The first-order valence-corrected chi connectivity index (χ1v) is 4.28. The minimum atomic E-state index is 0.534. The van der Waals surface area contributed by atoms with E-state index in [0.717, 1.165) is 25.1 Å². The minimum absolute atomic E-state index is 0.534. The number of likely N-dealkylation sites (tertiary alicyclic amines) is 1. The van der Waals surface area contributed by atoms with Crippen LogP contribution in [0.5, 0.6) is 0 Å². The Hall–Kier alpha value is -0.830. The molecular formula is C9H13FN2. The van der Waals surface area contributed by atoms with Crippen molar-refractivity contribution in [1.29, 1.82) is 0 Å². The molecule has 1 fully saturated rings. The van der Waals surface area contributed by atoms with Crippen molar-refractivity contribution < 1.29 is 4.48 Å². The van der Waals surface area contributed by atoms with Crippen LogP contribution in [0.4, 0.5) is 4.48 Å². The Balaban J connectivity index is 2.11. The van der Waals surface area contributed by atoms with Crippen LogP contribution in [0.25, 0.3) is 0 Å². The van der Waals surface area contributed by atoms with Crippen LogP contribution < -0.4 is 0 Å². The number of hydrogen-bond acceptors (Lipinski definition) is 1. The molecule has 0 saturated carbocycles. The quantitative estimate of drug-likeness (QED) is 0.619. The fourth-order valence-electron chi connectivity index (χ4n) is 1.83. The lowest BCUT2D eigenvalue weighted by Gasteiger charge is -2.07. The monoisotopic (exact) mass is 168 g/mol. The molecule has 0 bridgehead atoms. The first kappa shape index (κ1) is 7.80. The van der Waals surface area contributed by atoms with Gasteiger partial charge in [0.1, 0.15) is 0 Å². The molecule has 0 spiro atoms. The molecule has 12 heavy (non-hydrogen) atoms. The van der Waals surface area contributed by atoms with Gasteiger partial charge in [-0.25, -0.2) is 0 Å². The lowest BCUT2D eigenvalue weighted by Crippen LogP contribution is -2.13. The lowest BCUT2D eigenvalue weighted by molar-refractivity contribution is 0.369. The molecule has 1 aromatic rings. The van der Waals surface area contributed by atoms with Crippen molar-refractivity contribution in [3.63, 3.8) is 0 Å². The molecule has 1 aliphatic heterocycles. The molecule has 0 aliphatic carbocycles. The van der Waals surface area contributed by atoms with Crippen molar-refractivity contribution in [3.05, 3.63) is 24.0 Å². The zero-order valence-electron chi connectivity index (χ0n) is 7.20. The third kappa shape index (κ3) is 1.37. The maximum absolute atomic E-state index is 12.6. The number of likely N-dealkylation sites (N-methyl/N-ethyl adjacent to an activating group) is 1. The van der Waals surface area contributed by atoms with Gasteiger partial charge in [0.25, 0.3) is 0 Å². The molecule has 3 heteroatoms. The van der Waals surface area contributed by atoms with Gasteiger partial charge in [-0.2, -0.15) is 4.79 Å². The van der Waals surface area contributed by atoms with E-state index in [1.54, 1.807) is 6.20 Å². The predicted octanol–water partition coefficient (Wildman–Crippen LogP) is 1.64. The van der Waals surface area contributed by atoms with E-state index in [4.69, 9.17) is 0 Å². The summed E-state index contributed by atoms with van der Waals surface area (Å²) < 4.78 is 12.6. The van der Waals surface area contributed by atoms with E-state index in [9.17, 15) is 4.48 Å². The van der Waals surface area contributed by atoms with Crippen LogP contribution >= 0.6 is 0 Å². The van der Waals surface area contributed by atoms with Crippen molar-refractivity contribution in [2.75, 3.05) is 20.1 Å². The van der Waals surface area contributed by atoms with Crippen molar-refractivity contribution in [3.8, 4) is 0 Å². The summed E-state index contributed by atoms with van der Waals surface area (Å²) in [6.07, 6.45) is 4.19. The number of rotatable bonds is 1. The van der Waals surface area contributed by atoms with Gasteiger partial charge in [-0.15, -0.1) is 0 Å². The molecule has 2 nitrogen and oxygen atoms in total. The molecule has 0 amide bonds. The number of nitrogens with zero attached hydrogens (tertiary/aromatic N) is 2. The maximum Gasteiger partial charge on any atom is 0.0414 e. The summed E-state index contributed by atoms with van der Waals surface area (Å²) in [6.45, 7) is 2.19. The van der Waals surface area contributed by atoms with Crippen LogP contribution in [-0.4, -0.2) is 29.8 Å². The van der Waals surface area contributed by atoms with E-state index in [0.29, 0.717) is 10.7 Å². The Morgan fingerprint density at radius 1 is 1.58 bits per heavy atom. The Labute approximate surface area is 71.5 Å². The van der Waals surface area contributed by atoms with Gasteiger partial charge in [0.15, 0.2) is 0 Å². The molecule has 0 radical (unpaired) electrons. The second-order valence-corrected chi connectivity index (χ2v) is 3.54. The third-order valence-electron chi connectivity index (χ3n) is 2.54. The third-order valence-corrected chi connectivity index (χ3v) is 2.54. The highest BCUT2D eigenvalue weighted by molar-refractivity contribution is 5.17. The second kappa shape index (κ2) is 2.90. The van der Waals surface area contributed by atoms with Gasteiger partial charge < -0.3 is 4.90 Å². The summed E-state index contributed by atoms with van der Waals surface area (Å²) in [6, 6.07) is 1.86. The molecule has 0 aromatic carbocycles. The Morgan fingerprint density at radius 3 is 2.92 bits per heavy atom. The normalized spacial score (nSPS) is 25.0. The summed E-state index contributed by atoms with van der Waals surface area (Å²) in [4.78, 5) is 2.91. The van der Waals surface area contributed by atoms with Crippen LogP contribution in [0, 0.1) is 0 Å². The Kier molecular flexibility index (Phi) is 1.89. The summed E-state index contributed by atoms with van der Waals surface area (Å²) >= 11 is 0. The Morgan fingerprint density at radius 2 is 2.42 bits per heavy atom. The van der Waals surface area contributed by atoms with E-state index >= 15 is 0 Å². The molecule has 1 aromatic heterocycles. The highest BCUT2D eigenvalue weighted by atomic mass is 19.2. The second-order valence-electron chi connectivity index (χ2n) is 3.54. The molecular weight excluding hydrogens is 155 g/mol. The van der Waals surface area contributed by atoms with Crippen LogP contribution in [-0.2, 0) is 0 Å². The number of aromatic nitrogens is 1. The van der Waals surface area contributed by atoms with Crippen molar-refractivity contribution in [1.82, 2.24) is 9.69 Å². The fraction of sp³-hybridized carbons (Fsp3) is 0.556. The lowest BCUT2D eigenvalue weighted by atomic mass is 10.0. The molecule has 66 valence electrons. The summed E-state index contributed by atoms with van der Waals surface area (Å²) in [5.74, 6) is 0.534. The highest BCUT2D eigenvalue weighted by Gasteiger charge is 2.21. The summed E-state index contributed by atoms with van der Waals surface area (Å²) in [5, 5.41) is 0. The standard InChI is InChI=1S/C9H13FN2/c1-11-4-2-8(6-11)9-3-5-12(10)7-9/h3,5,7-8H,2,4,6H2,1H3. The van der Waals surface area contributed by atoms with Crippen LogP contribution in [0.1, 0.15) is 17.9 Å². The predicted molar refractivity (Wildman–Crippen MR) is 45.8 cm³/mol. The molecule has 1 aliphatic rings. The van der Waals surface area contributed by atoms with Crippen molar-refractivity contribution >= 4 is 0 Å². The molecule has 0 N–H and O–H groups in total. The number of hydrogen-bond donors (Lipinski definition) is 0. The van der Waals surface area contributed by atoms with Gasteiger partial charge in [0.05, 0.1) is 0 Å². The van der Waals surface area contributed by atoms with Crippen molar-refractivity contribution in [2.45, 2.75) is 12.3 Å². The summed E-state index contributed by atoms with van der Waals surface area (Å²) in [7, 11) is 2.10. The topological polar surface area (TPSA) is 8.17 Å². The van der Waals surface area contributed by atoms with Gasteiger partial charge in [0.2, 0.25) is 0 Å². The average molecular weight is 168 g/mol. The average Bonchev–Trinajstić information content (AvgIpc) is 2.58. The SMILES string of the molecule is CN1CCC(c2ccn(F)c2)C1. The van der Waals surface area contributed by atoms with Gasteiger partial charge in [-0.3, -0.25) is 0 Å². The van der Waals surface area contributed by atoms with Crippen LogP contribution in [0.3, 0.4) is 0 Å².